The van der Waals surface area contributed by atoms with Gasteiger partial charge in [-0.1, -0.05) is 74.0 Å². The topological polar surface area (TPSA) is 76.0 Å². The molecule has 0 aliphatic carbocycles. The first-order valence-corrected chi connectivity index (χ1v) is 10.2. The van der Waals surface area contributed by atoms with E-state index in [4.69, 9.17) is 11.6 Å². The van der Waals surface area contributed by atoms with E-state index in [0.29, 0.717) is 17.4 Å². The largest absolute Gasteiger partial charge is 0.344 e. The smallest absolute Gasteiger partial charge is 0.248 e. The number of rotatable bonds is 8. The van der Waals surface area contributed by atoms with Gasteiger partial charge in [0.25, 0.3) is 0 Å². The van der Waals surface area contributed by atoms with Gasteiger partial charge in [0, 0.05) is 11.1 Å². The van der Waals surface area contributed by atoms with Crippen LogP contribution in [0.3, 0.4) is 0 Å². The van der Waals surface area contributed by atoms with Crippen LogP contribution in [-0.2, 0) is 22.6 Å². The van der Waals surface area contributed by atoms with Gasteiger partial charge in [0.15, 0.2) is 0 Å². The summed E-state index contributed by atoms with van der Waals surface area (Å²) in [5, 5.41) is 10.7. The minimum Gasteiger partial charge on any atom is -0.344 e. The number of carbonyl (C=O) groups excluding carboxylic acids is 2. The van der Waals surface area contributed by atoms with Gasteiger partial charge in [-0.25, -0.2) is 4.68 Å². The molecule has 0 bridgehead atoms. The molecule has 7 heteroatoms. The van der Waals surface area contributed by atoms with Gasteiger partial charge >= 0.3 is 0 Å². The number of amides is 2. The Kier molecular flexibility index (Phi) is 7.25. The third-order valence-electron chi connectivity index (χ3n) is 4.72. The molecule has 156 valence electrons. The molecule has 3 aromatic rings. The first-order chi connectivity index (χ1) is 14.4. The van der Waals surface area contributed by atoms with Crippen molar-refractivity contribution in [2.24, 2.45) is 5.92 Å². The van der Waals surface area contributed by atoms with Crippen molar-refractivity contribution >= 4 is 29.2 Å². The highest BCUT2D eigenvalue weighted by atomic mass is 35.5. The van der Waals surface area contributed by atoms with E-state index >= 15 is 0 Å². The van der Waals surface area contributed by atoms with E-state index in [9.17, 15) is 9.59 Å². The number of benzene rings is 2. The Labute approximate surface area is 181 Å². The minimum atomic E-state index is -0.662. The van der Waals surface area contributed by atoms with Crippen LogP contribution >= 0.6 is 11.6 Å². The van der Waals surface area contributed by atoms with Crippen LogP contribution in [0.4, 0.5) is 5.82 Å². The Balaban J connectivity index is 1.66. The fraction of sp³-hybridized carbons (Fsp3) is 0.261. The molecule has 0 saturated heterocycles. The Morgan fingerprint density at radius 2 is 1.73 bits per heavy atom. The van der Waals surface area contributed by atoms with Crippen LogP contribution < -0.4 is 10.6 Å². The average Bonchev–Trinajstić information content (AvgIpc) is 3.15. The van der Waals surface area contributed by atoms with E-state index in [-0.39, 0.29) is 24.2 Å². The summed E-state index contributed by atoms with van der Waals surface area (Å²) in [5.41, 5.74) is 1.80. The molecular formula is C23H25ClN4O2. The first kappa shape index (κ1) is 21.6. The van der Waals surface area contributed by atoms with E-state index in [0.717, 1.165) is 11.1 Å². The standard InChI is InChI=1S/C23H25ClN4O2/c1-16(2)22(27-21(29)14-17-8-4-3-5-9-17)23(30)26-20-12-13-25-28(20)15-18-10-6-7-11-19(18)24/h3-13,16,22H,14-15H2,1-2H3,(H,26,30)(H,27,29)/t22-/m0/s1. The zero-order valence-electron chi connectivity index (χ0n) is 17.0. The fourth-order valence-corrected chi connectivity index (χ4v) is 3.29. The number of nitrogens with one attached hydrogen (secondary N) is 2. The molecule has 2 amide bonds. The molecular weight excluding hydrogens is 400 g/mol. The summed E-state index contributed by atoms with van der Waals surface area (Å²) in [6, 6.07) is 18.0. The Bertz CT molecular complexity index is 1000. The molecule has 3 rings (SSSR count). The van der Waals surface area contributed by atoms with E-state index in [1.165, 1.54) is 0 Å². The van der Waals surface area contributed by atoms with Gasteiger partial charge < -0.3 is 10.6 Å². The maximum absolute atomic E-state index is 12.9. The predicted octanol–water partition coefficient (Wildman–Crippen LogP) is 3.91. The lowest BCUT2D eigenvalue weighted by molar-refractivity contribution is -0.127. The lowest BCUT2D eigenvalue weighted by Crippen LogP contribution is -2.47. The molecule has 2 aromatic carbocycles. The lowest BCUT2D eigenvalue weighted by Gasteiger charge is -2.22. The summed E-state index contributed by atoms with van der Waals surface area (Å²) in [5.74, 6) is -0.0144. The van der Waals surface area contributed by atoms with E-state index in [2.05, 4.69) is 15.7 Å². The summed E-state index contributed by atoms with van der Waals surface area (Å²) in [7, 11) is 0. The lowest BCUT2D eigenvalue weighted by atomic mass is 10.0. The van der Waals surface area contributed by atoms with Crippen LogP contribution in [0.25, 0.3) is 0 Å². The van der Waals surface area contributed by atoms with Crippen LogP contribution in [0, 0.1) is 5.92 Å². The van der Waals surface area contributed by atoms with Crippen molar-refractivity contribution in [2.75, 3.05) is 5.32 Å². The molecule has 1 heterocycles. The van der Waals surface area contributed by atoms with Gasteiger partial charge in [-0.2, -0.15) is 5.10 Å². The molecule has 2 N–H and O–H groups in total. The van der Waals surface area contributed by atoms with Crippen molar-refractivity contribution in [3.05, 3.63) is 83.0 Å². The van der Waals surface area contributed by atoms with Gasteiger partial charge in [-0.05, 0) is 23.1 Å². The number of anilines is 1. The molecule has 0 aliphatic heterocycles. The summed E-state index contributed by atoms with van der Waals surface area (Å²) in [6.45, 7) is 4.22. The van der Waals surface area contributed by atoms with Crippen LogP contribution in [-0.4, -0.2) is 27.6 Å². The monoisotopic (exact) mass is 424 g/mol. The molecule has 1 aromatic heterocycles. The van der Waals surface area contributed by atoms with Crippen LogP contribution in [0.5, 0.6) is 0 Å². The summed E-state index contributed by atoms with van der Waals surface area (Å²) in [6.07, 6.45) is 1.84. The molecule has 0 saturated carbocycles. The van der Waals surface area contributed by atoms with Crippen molar-refractivity contribution in [1.29, 1.82) is 0 Å². The maximum Gasteiger partial charge on any atom is 0.248 e. The van der Waals surface area contributed by atoms with Crippen molar-refractivity contribution in [2.45, 2.75) is 32.9 Å². The molecule has 0 spiro atoms. The highest BCUT2D eigenvalue weighted by Gasteiger charge is 2.25. The molecule has 0 radical (unpaired) electrons. The van der Waals surface area contributed by atoms with Gasteiger partial charge in [-0.3, -0.25) is 9.59 Å². The van der Waals surface area contributed by atoms with Gasteiger partial charge in [0.05, 0.1) is 19.2 Å². The van der Waals surface area contributed by atoms with Gasteiger partial charge in [0.2, 0.25) is 11.8 Å². The maximum atomic E-state index is 12.9. The zero-order chi connectivity index (χ0) is 21.5. The highest BCUT2D eigenvalue weighted by Crippen LogP contribution is 2.18. The summed E-state index contributed by atoms with van der Waals surface area (Å²) >= 11 is 6.24. The predicted molar refractivity (Wildman–Crippen MR) is 118 cm³/mol. The Morgan fingerprint density at radius 3 is 2.43 bits per heavy atom. The number of hydrogen-bond donors (Lipinski definition) is 2. The zero-order valence-corrected chi connectivity index (χ0v) is 17.8. The fourth-order valence-electron chi connectivity index (χ4n) is 3.10. The van der Waals surface area contributed by atoms with Crippen molar-refractivity contribution in [3.8, 4) is 0 Å². The average molecular weight is 425 g/mol. The third kappa shape index (κ3) is 5.70. The second kappa shape index (κ2) is 10.1. The first-order valence-electron chi connectivity index (χ1n) is 9.83. The number of aromatic nitrogens is 2. The van der Waals surface area contributed by atoms with E-state index in [1.54, 1.807) is 16.9 Å². The third-order valence-corrected chi connectivity index (χ3v) is 5.09. The van der Waals surface area contributed by atoms with Gasteiger partial charge in [0.1, 0.15) is 11.9 Å². The van der Waals surface area contributed by atoms with Crippen molar-refractivity contribution in [1.82, 2.24) is 15.1 Å². The van der Waals surface area contributed by atoms with Crippen LogP contribution in [0.2, 0.25) is 5.02 Å². The summed E-state index contributed by atoms with van der Waals surface area (Å²) in [4.78, 5) is 25.4. The van der Waals surface area contributed by atoms with E-state index < -0.39 is 6.04 Å². The Hall–Kier alpha value is -3.12. The quantitative estimate of drug-likeness (QED) is 0.575. The number of nitrogens with zero attached hydrogens (tertiary/aromatic N) is 2. The SMILES string of the molecule is CC(C)[C@H](NC(=O)Cc1ccccc1)C(=O)Nc1ccnn1Cc1ccccc1Cl. The summed E-state index contributed by atoms with van der Waals surface area (Å²) < 4.78 is 1.67. The van der Waals surface area contributed by atoms with Crippen LogP contribution in [0.1, 0.15) is 25.0 Å². The molecule has 1 atom stereocenters. The second-order valence-electron chi connectivity index (χ2n) is 7.41. The van der Waals surface area contributed by atoms with Crippen molar-refractivity contribution < 1.29 is 9.59 Å². The number of halogens is 1. The number of hydrogen-bond acceptors (Lipinski definition) is 3. The van der Waals surface area contributed by atoms with E-state index in [1.807, 2.05) is 68.4 Å². The van der Waals surface area contributed by atoms with Crippen LogP contribution in [0.15, 0.2) is 66.9 Å². The molecule has 30 heavy (non-hydrogen) atoms. The Morgan fingerprint density at radius 1 is 1.03 bits per heavy atom. The van der Waals surface area contributed by atoms with Crippen molar-refractivity contribution in [3.63, 3.8) is 0 Å². The minimum absolute atomic E-state index is 0.0790. The normalized spacial score (nSPS) is 11.9. The highest BCUT2D eigenvalue weighted by molar-refractivity contribution is 6.31. The molecule has 0 fully saturated rings. The molecule has 6 nitrogen and oxygen atoms in total. The van der Waals surface area contributed by atoms with Gasteiger partial charge in [-0.15, -0.1) is 0 Å². The molecule has 0 aliphatic rings. The number of carbonyl (C=O) groups is 2. The molecule has 0 unspecified atom stereocenters. The second-order valence-corrected chi connectivity index (χ2v) is 7.81.